The Balaban J connectivity index is 0.938. The Morgan fingerprint density at radius 3 is 1.35 bits per heavy atom. The molecule has 0 bridgehead atoms. The number of nitrogens with zero attached hydrogens (tertiary/aromatic N) is 5. The number of hydrogen-bond donors (Lipinski definition) is 0. The van der Waals surface area contributed by atoms with Crippen molar-refractivity contribution in [2.45, 2.75) is 19.3 Å². The van der Waals surface area contributed by atoms with Gasteiger partial charge in [-0.15, -0.1) is 0 Å². The SMILES string of the molecule is CC1(C)c2ccccc2-c2cc3c4cc(N(c5ccccc5)c5cccc(-c6cccc(-c7cc(-c8ccccc8)cc(-c8ccccc8)c7)c6)c5)ccc4n(-c4nc(-c5ccccc5)nc(-c5ccccc5)n4)c3cc21. The van der Waals surface area contributed by atoms with Crippen molar-refractivity contribution in [3.63, 3.8) is 0 Å². The molecule has 5 nitrogen and oxygen atoms in total. The molecule has 0 N–H and O–H groups in total. The lowest BCUT2D eigenvalue weighted by molar-refractivity contribution is 0.661. The number of fused-ring (bicyclic) bond motifs is 6. The fourth-order valence-corrected chi connectivity index (χ4v) is 11.6. The molecule has 0 spiro atoms. The Labute approximate surface area is 448 Å². The third-order valence-corrected chi connectivity index (χ3v) is 15.4. The maximum absolute atomic E-state index is 5.32. The van der Waals surface area contributed by atoms with Crippen LogP contribution in [0.5, 0.6) is 0 Å². The summed E-state index contributed by atoms with van der Waals surface area (Å²) in [6, 6.07) is 97.8. The highest BCUT2D eigenvalue weighted by atomic mass is 15.2. The maximum atomic E-state index is 5.32. The first-order valence-corrected chi connectivity index (χ1v) is 26.3. The van der Waals surface area contributed by atoms with E-state index in [-0.39, 0.29) is 5.41 Å². The Bertz CT molecular complexity index is 4220. The van der Waals surface area contributed by atoms with Crippen LogP contribution >= 0.6 is 0 Å². The van der Waals surface area contributed by atoms with Crippen LogP contribution in [-0.2, 0) is 5.41 Å². The van der Waals surface area contributed by atoms with E-state index >= 15 is 0 Å². The van der Waals surface area contributed by atoms with Crippen LogP contribution in [0.2, 0.25) is 0 Å². The molecule has 2 heterocycles. The molecule has 1 aliphatic rings. The summed E-state index contributed by atoms with van der Waals surface area (Å²) in [6.07, 6.45) is 0. The topological polar surface area (TPSA) is 46.8 Å². The van der Waals surface area contributed by atoms with E-state index in [4.69, 9.17) is 15.0 Å². The van der Waals surface area contributed by atoms with Gasteiger partial charge in [0.25, 0.3) is 0 Å². The Kier molecular flexibility index (Phi) is 11.1. The Morgan fingerprint density at radius 1 is 0.299 bits per heavy atom. The van der Waals surface area contributed by atoms with Gasteiger partial charge in [-0.05, 0) is 146 Å². The van der Waals surface area contributed by atoms with Gasteiger partial charge in [-0.1, -0.05) is 208 Å². The molecule has 13 aromatic rings. The van der Waals surface area contributed by atoms with Gasteiger partial charge in [-0.2, -0.15) is 9.97 Å². The Hall–Kier alpha value is -9.97. The fourth-order valence-electron chi connectivity index (χ4n) is 11.6. The lowest BCUT2D eigenvalue weighted by atomic mass is 9.82. The third-order valence-electron chi connectivity index (χ3n) is 15.4. The van der Waals surface area contributed by atoms with E-state index < -0.39 is 0 Å². The van der Waals surface area contributed by atoms with Gasteiger partial charge in [0.1, 0.15) is 0 Å². The van der Waals surface area contributed by atoms with E-state index in [1.165, 1.54) is 50.1 Å². The average molecular weight is 986 g/mol. The standard InChI is InChI=1S/C72H51N5/c1-72(2)65-37-19-18-36-61(65)62-46-64-63-45-60(38-39-67(63)77(68(64)47-66(62)72)71-74-69(50-26-12-5-13-27-50)73-70(75-71)51-28-14-6-15-29-51)76(58-33-16-7-17-34-58)59-35-21-32-54(44-59)52-30-20-31-53(40-52)57-42-55(48-22-8-3-9-23-48)41-56(43-57)49-24-10-4-11-25-49/h3-47H,1-2H3. The number of para-hydroxylation sites is 1. The summed E-state index contributed by atoms with van der Waals surface area (Å²) in [6.45, 7) is 4.68. The molecule has 14 rings (SSSR count). The highest BCUT2D eigenvalue weighted by Crippen LogP contribution is 2.51. The zero-order valence-electron chi connectivity index (χ0n) is 42.7. The predicted octanol–water partition coefficient (Wildman–Crippen LogP) is 18.7. The molecule has 0 aliphatic heterocycles. The molecular formula is C72H51N5. The van der Waals surface area contributed by atoms with E-state index in [9.17, 15) is 0 Å². The molecule has 364 valence electrons. The van der Waals surface area contributed by atoms with Crippen LogP contribution < -0.4 is 4.90 Å². The molecule has 0 unspecified atom stereocenters. The van der Waals surface area contributed by atoms with Crippen molar-refractivity contribution in [3.05, 3.63) is 284 Å². The first kappa shape index (κ1) is 45.6. The van der Waals surface area contributed by atoms with Crippen LogP contribution in [0.4, 0.5) is 17.1 Å². The van der Waals surface area contributed by atoms with Crippen LogP contribution in [0.15, 0.2) is 273 Å². The van der Waals surface area contributed by atoms with Crippen molar-refractivity contribution in [1.29, 1.82) is 0 Å². The number of hydrogen-bond acceptors (Lipinski definition) is 4. The Morgan fingerprint density at radius 2 is 0.740 bits per heavy atom. The summed E-state index contributed by atoms with van der Waals surface area (Å²) in [5.74, 6) is 1.80. The largest absolute Gasteiger partial charge is 0.310 e. The van der Waals surface area contributed by atoms with Crippen molar-refractivity contribution in [1.82, 2.24) is 19.5 Å². The summed E-state index contributed by atoms with van der Waals surface area (Å²) in [4.78, 5) is 18.1. The van der Waals surface area contributed by atoms with Crippen molar-refractivity contribution < 1.29 is 0 Å². The molecular weight excluding hydrogens is 935 g/mol. The molecule has 1 aliphatic carbocycles. The minimum absolute atomic E-state index is 0.220. The lowest BCUT2D eigenvalue weighted by Gasteiger charge is -2.26. The first-order valence-electron chi connectivity index (χ1n) is 26.3. The molecule has 2 aromatic heterocycles. The van der Waals surface area contributed by atoms with Crippen LogP contribution in [-0.4, -0.2) is 19.5 Å². The van der Waals surface area contributed by atoms with Gasteiger partial charge in [0, 0.05) is 44.4 Å². The highest BCUT2D eigenvalue weighted by Gasteiger charge is 2.36. The first-order chi connectivity index (χ1) is 37.9. The molecule has 77 heavy (non-hydrogen) atoms. The van der Waals surface area contributed by atoms with Gasteiger partial charge in [0.2, 0.25) is 5.95 Å². The minimum atomic E-state index is -0.220. The van der Waals surface area contributed by atoms with Gasteiger partial charge in [0.15, 0.2) is 11.6 Å². The van der Waals surface area contributed by atoms with E-state index in [1.54, 1.807) is 0 Å². The zero-order valence-corrected chi connectivity index (χ0v) is 42.7. The second kappa shape index (κ2) is 18.8. The van der Waals surface area contributed by atoms with Gasteiger partial charge in [-0.25, -0.2) is 4.98 Å². The molecule has 0 saturated carbocycles. The van der Waals surface area contributed by atoms with Crippen molar-refractivity contribution in [3.8, 4) is 84.4 Å². The molecule has 0 amide bonds. The average Bonchev–Trinajstić information content (AvgIpc) is 4.01. The molecule has 11 aromatic carbocycles. The summed E-state index contributed by atoms with van der Waals surface area (Å²) in [7, 11) is 0. The van der Waals surface area contributed by atoms with E-state index in [1.807, 2.05) is 36.4 Å². The summed E-state index contributed by atoms with van der Waals surface area (Å²) in [5.41, 5.74) is 21.3. The maximum Gasteiger partial charge on any atom is 0.238 e. The van der Waals surface area contributed by atoms with Crippen LogP contribution in [0.3, 0.4) is 0 Å². The van der Waals surface area contributed by atoms with Gasteiger partial charge >= 0.3 is 0 Å². The van der Waals surface area contributed by atoms with Crippen molar-refractivity contribution in [2.75, 3.05) is 4.90 Å². The zero-order chi connectivity index (χ0) is 51.5. The number of rotatable bonds is 10. The molecule has 5 heteroatoms. The van der Waals surface area contributed by atoms with E-state index in [0.29, 0.717) is 17.6 Å². The number of aromatic nitrogens is 4. The lowest BCUT2D eigenvalue weighted by Crippen LogP contribution is -2.15. The number of benzene rings is 11. The minimum Gasteiger partial charge on any atom is -0.310 e. The monoisotopic (exact) mass is 985 g/mol. The quantitative estimate of drug-likeness (QED) is 0.137. The summed E-state index contributed by atoms with van der Waals surface area (Å²) in [5, 5.41) is 2.23. The van der Waals surface area contributed by atoms with Gasteiger partial charge in [-0.3, -0.25) is 4.57 Å². The smallest absolute Gasteiger partial charge is 0.238 e. The summed E-state index contributed by atoms with van der Waals surface area (Å²) >= 11 is 0. The predicted molar refractivity (Wildman–Crippen MR) is 319 cm³/mol. The molecule has 0 saturated heterocycles. The van der Waals surface area contributed by atoms with Crippen LogP contribution in [0.1, 0.15) is 25.0 Å². The summed E-state index contributed by atoms with van der Waals surface area (Å²) < 4.78 is 2.26. The van der Waals surface area contributed by atoms with Gasteiger partial charge in [0.05, 0.1) is 11.0 Å². The van der Waals surface area contributed by atoms with E-state index in [2.05, 4.69) is 260 Å². The second-order valence-corrected chi connectivity index (χ2v) is 20.5. The third kappa shape index (κ3) is 8.17. The normalized spacial score (nSPS) is 12.4. The van der Waals surface area contributed by atoms with Gasteiger partial charge < -0.3 is 4.90 Å². The second-order valence-electron chi connectivity index (χ2n) is 20.5. The van der Waals surface area contributed by atoms with E-state index in [0.717, 1.165) is 66.7 Å². The molecule has 0 radical (unpaired) electrons. The molecule has 0 atom stereocenters. The van der Waals surface area contributed by atoms with Crippen molar-refractivity contribution in [2.24, 2.45) is 0 Å². The van der Waals surface area contributed by atoms with Crippen molar-refractivity contribution >= 4 is 38.9 Å². The number of anilines is 3. The highest BCUT2D eigenvalue weighted by molar-refractivity contribution is 6.13. The molecule has 0 fully saturated rings. The van der Waals surface area contributed by atoms with Crippen LogP contribution in [0, 0.1) is 0 Å². The van der Waals surface area contributed by atoms with Crippen LogP contribution in [0.25, 0.3) is 106 Å². The fraction of sp³-hybridized carbons (Fsp3) is 0.0417.